The Morgan fingerprint density at radius 1 is 1.24 bits per heavy atom. The Morgan fingerprint density at radius 2 is 1.86 bits per heavy atom. The largest absolute Gasteiger partial charge is 0.490 e. The number of nitrogens with zero attached hydrogens (tertiary/aromatic N) is 1. The van der Waals surface area contributed by atoms with Gasteiger partial charge in [0.15, 0.2) is 0 Å². The number of ether oxygens (including phenoxy) is 2. The monoisotopic (exact) mass is 296 g/mol. The van der Waals surface area contributed by atoms with E-state index < -0.39 is 11.7 Å². The molecule has 1 N–H and O–H groups in total. The summed E-state index contributed by atoms with van der Waals surface area (Å²) in [6.45, 7) is 14.1. The van der Waals surface area contributed by atoms with Crippen LogP contribution in [0, 0.1) is 13.8 Å². The molecule has 1 amide bonds. The molecule has 1 rings (SSSR count). The molecule has 0 saturated heterocycles. The fourth-order valence-electron chi connectivity index (χ4n) is 1.45. The Balaban J connectivity index is 0.00000191. The molecule has 0 bridgehead atoms. The van der Waals surface area contributed by atoms with Gasteiger partial charge in [-0.25, -0.2) is 4.79 Å². The molecule has 0 spiro atoms. The smallest absolute Gasteiger partial charge is 0.407 e. The molecule has 1 aromatic heterocycles. The highest BCUT2D eigenvalue weighted by molar-refractivity contribution is 5.67. The maximum absolute atomic E-state index is 11.4. The number of alkyl carbamates (subject to hydrolysis) is 1. The van der Waals surface area contributed by atoms with Crippen LogP contribution in [-0.4, -0.2) is 29.8 Å². The highest BCUT2D eigenvalue weighted by Gasteiger charge is 2.15. The number of hydrogen-bond acceptors (Lipinski definition) is 4. The van der Waals surface area contributed by atoms with E-state index in [1.54, 1.807) is 0 Å². The van der Waals surface area contributed by atoms with Crippen molar-refractivity contribution in [2.45, 2.75) is 54.1 Å². The fraction of sp³-hybridized carbons (Fsp3) is 0.625. The van der Waals surface area contributed by atoms with Gasteiger partial charge in [0.25, 0.3) is 0 Å². The van der Waals surface area contributed by atoms with Gasteiger partial charge in [0.1, 0.15) is 18.0 Å². The summed E-state index contributed by atoms with van der Waals surface area (Å²) in [4.78, 5) is 15.7. The number of aryl methyl sites for hydroxylation is 2. The third-order valence-corrected chi connectivity index (χ3v) is 2.20. The number of pyridine rings is 1. The summed E-state index contributed by atoms with van der Waals surface area (Å²) in [5.41, 5.74) is 1.32. The lowest BCUT2D eigenvalue weighted by molar-refractivity contribution is 0.0520. The molecular weight excluding hydrogens is 268 g/mol. The van der Waals surface area contributed by atoms with Gasteiger partial charge in [-0.3, -0.25) is 4.98 Å². The summed E-state index contributed by atoms with van der Waals surface area (Å²) in [5, 5.41) is 2.63. The van der Waals surface area contributed by atoms with Crippen LogP contribution in [0.15, 0.2) is 12.1 Å². The van der Waals surface area contributed by atoms with E-state index in [1.165, 1.54) is 0 Å². The lowest BCUT2D eigenvalue weighted by Gasteiger charge is -2.19. The molecule has 0 aliphatic heterocycles. The van der Waals surface area contributed by atoms with Crippen molar-refractivity contribution in [1.29, 1.82) is 0 Å². The number of hydrogen-bond donors (Lipinski definition) is 1. The predicted molar refractivity (Wildman–Crippen MR) is 84.8 cm³/mol. The van der Waals surface area contributed by atoms with E-state index in [0.717, 1.165) is 17.1 Å². The van der Waals surface area contributed by atoms with Crippen LogP contribution in [0.25, 0.3) is 0 Å². The molecule has 1 heterocycles. The van der Waals surface area contributed by atoms with Crippen LogP contribution in [0.2, 0.25) is 0 Å². The van der Waals surface area contributed by atoms with Crippen LogP contribution < -0.4 is 10.1 Å². The minimum absolute atomic E-state index is 0.380. The lowest BCUT2D eigenvalue weighted by Crippen LogP contribution is -2.34. The Labute approximate surface area is 128 Å². The van der Waals surface area contributed by atoms with E-state index in [-0.39, 0.29) is 0 Å². The first-order valence-electron chi connectivity index (χ1n) is 7.32. The van der Waals surface area contributed by atoms with Crippen molar-refractivity contribution in [3.63, 3.8) is 0 Å². The average molecular weight is 296 g/mol. The van der Waals surface area contributed by atoms with Crippen LogP contribution in [0.3, 0.4) is 0 Å². The number of rotatable bonds is 4. The van der Waals surface area contributed by atoms with Gasteiger partial charge in [-0.15, -0.1) is 0 Å². The highest BCUT2D eigenvalue weighted by Crippen LogP contribution is 2.15. The van der Waals surface area contributed by atoms with Gasteiger partial charge in [-0.1, -0.05) is 13.8 Å². The SMILES string of the molecule is CC.Cc1ccc(OCCNC(=O)OC(C)(C)C)c(C)n1. The van der Waals surface area contributed by atoms with Crippen LogP contribution in [-0.2, 0) is 4.74 Å². The lowest BCUT2D eigenvalue weighted by atomic mass is 10.2. The molecule has 0 fully saturated rings. The summed E-state index contributed by atoms with van der Waals surface area (Å²) in [6, 6.07) is 3.77. The molecule has 1 aromatic rings. The van der Waals surface area contributed by atoms with Crippen molar-refractivity contribution >= 4 is 6.09 Å². The molecule has 0 atom stereocenters. The van der Waals surface area contributed by atoms with Gasteiger partial charge in [-0.05, 0) is 46.8 Å². The minimum atomic E-state index is -0.484. The molecule has 0 unspecified atom stereocenters. The molecular formula is C16H28N2O3. The highest BCUT2D eigenvalue weighted by atomic mass is 16.6. The molecule has 21 heavy (non-hydrogen) atoms. The van der Waals surface area contributed by atoms with Gasteiger partial charge in [-0.2, -0.15) is 0 Å². The maximum Gasteiger partial charge on any atom is 0.407 e. The van der Waals surface area contributed by atoms with Crippen molar-refractivity contribution in [2.24, 2.45) is 0 Å². The third-order valence-electron chi connectivity index (χ3n) is 2.20. The first-order valence-corrected chi connectivity index (χ1v) is 7.32. The van der Waals surface area contributed by atoms with Gasteiger partial charge >= 0.3 is 6.09 Å². The summed E-state index contributed by atoms with van der Waals surface area (Å²) >= 11 is 0. The van der Waals surface area contributed by atoms with Crippen molar-refractivity contribution in [2.75, 3.05) is 13.2 Å². The zero-order valence-corrected chi connectivity index (χ0v) is 14.2. The minimum Gasteiger partial charge on any atom is -0.490 e. The first kappa shape index (κ1) is 19.2. The van der Waals surface area contributed by atoms with Crippen LogP contribution in [0.5, 0.6) is 5.75 Å². The first-order chi connectivity index (χ1) is 9.78. The average Bonchev–Trinajstić information content (AvgIpc) is 2.37. The number of nitrogens with one attached hydrogen (secondary N) is 1. The summed E-state index contributed by atoms with van der Waals surface area (Å²) in [6.07, 6.45) is -0.435. The summed E-state index contributed by atoms with van der Waals surface area (Å²) in [7, 11) is 0. The Bertz CT molecular complexity index is 440. The van der Waals surface area contributed by atoms with E-state index >= 15 is 0 Å². The van der Waals surface area contributed by atoms with Gasteiger partial charge in [0, 0.05) is 5.69 Å². The normalized spacial score (nSPS) is 10.2. The number of aromatic nitrogens is 1. The maximum atomic E-state index is 11.4. The molecule has 0 aliphatic carbocycles. The Kier molecular flexibility index (Phi) is 8.43. The molecule has 0 radical (unpaired) electrons. The molecule has 0 aliphatic rings. The second kappa shape index (κ2) is 9.21. The Morgan fingerprint density at radius 3 is 2.38 bits per heavy atom. The summed E-state index contributed by atoms with van der Waals surface area (Å²) in [5.74, 6) is 0.733. The Hall–Kier alpha value is -1.78. The fourth-order valence-corrected chi connectivity index (χ4v) is 1.45. The molecule has 5 heteroatoms. The third kappa shape index (κ3) is 8.89. The predicted octanol–water partition coefficient (Wildman–Crippen LogP) is 3.63. The van der Waals surface area contributed by atoms with Crippen LogP contribution >= 0.6 is 0 Å². The quantitative estimate of drug-likeness (QED) is 0.862. The molecule has 0 aromatic carbocycles. The second-order valence-electron chi connectivity index (χ2n) is 5.31. The zero-order chi connectivity index (χ0) is 16.5. The topological polar surface area (TPSA) is 60.5 Å². The molecule has 5 nitrogen and oxygen atoms in total. The van der Waals surface area contributed by atoms with Crippen LogP contribution in [0.1, 0.15) is 46.0 Å². The van der Waals surface area contributed by atoms with E-state index in [2.05, 4.69) is 10.3 Å². The molecule has 120 valence electrons. The summed E-state index contributed by atoms with van der Waals surface area (Å²) < 4.78 is 10.7. The van der Waals surface area contributed by atoms with E-state index in [9.17, 15) is 4.79 Å². The van der Waals surface area contributed by atoms with Gasteiger partial charge in [0.2, 0.25) is 0 Å². The van der Waals surface area contributed by atoms with E-state index in [1.807, 2.05) is 60.6 Å². The number of carbonyl (C=O) groups is 1. The van der Waals surface area contributed by atoms with Crippen molar-refractivity contribution < 1.29 is 14.3 Å². The van der Waals surface area contributed by atoms with E-state index in [0.29, 0.717) is 13.2 Å². The second-order valence-corrected chi connectivity index (χ2v) is 5.31. The van der Waals surface area contributed by atoms with Gasteiger partial charge < -0.3 is 14.8 Å². The van der Waals surface area contributed by atoms with Crippen molar-refractivity contribution in [3.8, 4) is 5.75 Å². The number of carbonyl (C=O) groups excluding carboxylic acids is 1. The van der Waals surface area contributed by atoms with Gasteiger partial charge in [0.05, 0.1) is 12.2 Å². The number of amides is 1. The van der Waals surface area contributed by atoms with E-state index in [4.69, 9.17) is 9.47 Å². The molecule has 0 saturated carbocycles. The van der Waals surface area contributed by atoms with Crippen LogP contribution in [0.4, 0.5) is 4.79 Å². The van der Waals surface area contributed by atoms with Crippen molar-refractivity contribution in [1.82, 2.24) is 10.3 Å². The standard InChI is InChI=1S/C14H22N2O3.C2H6/c1-10-6-7-12(11(2)16-10)18-9-8-15-13(17)19-14(3,4)5;1-2/h6-7H,8-9H2,1-5H3,(H,15,17);1-2H3. The van der Waals surface area contributed by atoms with Crippen molar-refractivity contribution in [3.05, 3.63) is 23.5 Å². The zero-order valence-electron chi connectivity index (χ0n) is 14.2.